The minimum Gasteiger partial charge on any atom is -0.371 e. The Morgan fingerprint density at radius 3 is 2.61 bits per heavy atom. The van der Waals surface area contributed by atoms with E-state index in [2.05, 4.69) is 17.1 Å². The number of rotatable bonds is 2. The normalized spacial score (nSPS) is 21.5. The topological polar surface area (TPSA) is 15.3 Å². The van der Waals surface area contributed by atoms with Crippen LogP contribution < -0.4 is 10.2 Å². The predicted molar refractivity (Wildman–Crippen MR) is 69.9 cm³/mol. The van der Waals surface area contributed by atoms with Gasteiger partial charge in [0.05, 0.1) is 0 Å². The Labute approximate surface area is 107 Å². The van der Waals surface area contributed by atoms with Crippen LogP contribution in [-0.4, -0.2) is 25.7 Å². The molecule has 1 unspecified atom stereocenters. The molecule has 0 bridgehead atoms. The van der Waals surface area contributed by atoms with Crippen molar-refractivity contribution in [3.05, 3.63) is 29.8 Å². The summed E-state index contributed by atoms with van der Waals surface area (Å²) in [5.74, 6) is -1.01. The van der Waals surface area contributed by atoms with Crippen molar-refractivity contribution in [2.45, 2.75) is 32.2 Å². The summed E-state index contributed by atoms with van der Waals surface area (Å²) in [5.41, 5.74) is 0.657. The zero-order valence-corrected chi connectivity index (χ0v) is 10.8. The van der Waals surface area contributed by atoms with Crippen molar-refractivity contribution in [1.29, 1.82) is 0 Å². The molecule has 1 aromatic carbocycles. The van der Waals surface area contributed by atoms with E-state index in [-0.39, 0.29) is 0 Å². The molecule has 1 heterocycles. The number of hydrogen-bond acceptors (Lipinski definition) is 2. The van der Waals surface area contributed by atoms with Crippen molar-refractivity contribution >= 4 is 5.69 Å². The molecule has 1 aromatic rings. The van der Waals surface area contributed by atoms with E-state index in [4.69, 9.17) is 0 Å². The lowest BCUT2D eigenvalue weighted by molar-refractivity contribution is 0.439. The molecule has 0 amide bonds. The largest absolute Gasteiger partial charge is 0.371 e. The van der Waals surface area contributed by atoms with Gasteiger partial charge >= 0.3 is 0 Å². The van der Waals surface area contributed by atoms with Crippen LogP contribution in [0.3, 0.4) is 0 Å². The third-order valence-corrected chi connectivity index (χ3v) is 3.49. The van der Waals surface area contributed by atoms with Crippen molar-refractivity contribution < 1.29 is 8.78 Å². The number of anilines is 1. The zero-order valence-electron chi connectivity index (χ0n) is 10.8. The lowest BCUT2D eigenvalue weighted by atomic mass is 10.1. The van der Waals surface area contributed by atoms with Gasteiger partial charge in [-0.3, -0.25) is 0 Å². The fourth-order valence-electron chi connectivity index (χ4n) is 2.43. The van der Waals surface area contributed by atoms with Gasteiger partial charge in [-0.1, -0.05) is 6.92 Å². The number of nitrogens with one attached hydrogen (secondary N) is 1. The monoisotopic (exact) mass is 254 g/mol. The van der Waals surface area contributed by atoms with Crippen molar-refractivity contribution in [2.75, 3.05) is 24.5 Å². The second kappa shape index (κ2) is 6.14. The van der Waals surface area contributed by atoms with E-state index in [0.717, 1.165) is 45.0 Å². The Kier molecular flexibility index (Phi) is 4.53. The average molecular weight is 254 g/mol. The van der Waals surface area contributed by atoms with Gasteiger partial charge in [-0.25, -0.2) is 8.78 Å². The van der Waals surface area contributed by atoms with Crippen LogP contribution in [0.15, 0.2) is 18.2 Å². The van der Waals surface area contributed by atoms with Gasteiger partial charge in [0.25, 0.3) is 0 Å². The van der Waals surface area contributed by atoms with Crippen LogP contribution in [0.25, 0.3) is 0 Å². The van der Waals surface area contributed by atoms with E-state index < -0.39 is 11.6 Å². The zero-order chi connectivity index (χ0) is 13.0. The number of benzene rings is 1. The number of halogens is 2. The highest BCUT2D eigenvalue weighted by Crippen LogP contribution is 2.20. The number of nitrogens with zero attached hydrogens (tertiary/aromatic N) is 1. The standard InChI is InChI=1S/C14H20F2N2/c1-2-13-4-7-18(6-3-5-17-13)14-9-11(15)8-12(16)10-14/h8-10,13,17H,2-7H2,1H3. The van der Waals surface area contributed by atoms with Crippen molar-refractivity contribution in [3.63, 3.8) is 0 Å². The minimum atomic E-state index is -0.503. The molecule has 1 saturated heterocycles. The Morgan fingerprint density at radius 2 is 1.94 bits per heavy atom. The molecule has 18 heavy (non-hydrogen) atoms. The van der Waals surface area contributed by atoms with Gasteiger partial charge in [0, 0.05) is 30.9 Å². The van der Waals surface area contributed by atoms with Crippen LogP contribution in [0.5, 0.6) is 0 Å². The molecule has 100 valence electrons. The molecule has 0 radical (unpaired) electrons. The van der Waals surface area contributed by atoms with Crippen LogP contribution in [0.2, 0.25) is 0 Å². The van der Waals surface area contributed by atoms with E-state index in [1.807, 2.05) is 0 Å². The maximum Gasteiger partial charge on any atom is 0.128 e. The summed E-state index contributed by atoms with van der Waals surface area (Å²) in [5, 5.41) is 3.49. The first-order chi connectivity index (χ1) is 8.69. The fourth-order valence-corrected chi connectivity index (χ4v) is 2.43. The third kappa shape index (κ3) is 3.42. The molecular formula is C14H20F2N2. The van der Waals surface area contributed by atoms with E-state index in [0.29, 0.717) is 11.7 Å². The molecule has 1 atom stereocenters. The smallest absolute Gasteiger partial charge is 0.128 e. The maximum atomic E-state index is 13.2. The molecule has 0 saturated carbocycles. The summed E-state index contributed by atoms with van der Waals surface area (Å²) < 4.78 is 26.5. The van der Waals surface area contributed by atoms with Crippen LogP contribution in [0.4, 0.5) is 14.5 Å². The highest BCUT2D eigenvalue weighted by atomic mass is 19.1. The summed E-state index contributed by atoms with van der Waals surface area (Å²) in [6.45, 7) is 4.80. The molecule has 1 N–H and O–H groups in total. The Balaban J connectivity index is 2.10. The minimum absolute atomic E-state index is 0.503. The summed E-state index contributed by atoms with van der Waals surface area (Å²) in [4.78, 5) is 2.08. The van der Waals surface area contributed by atoms with Gasteiger partial charge in [0.15, 0.2) is 0 Å². The fraction of sp³-hybridized carbons (Fsp3) is 0.571. The summed E-state index contributed by atoms with van der Waals surface area (Å²) in [6, 6.07) is 4.26. The highest BCUT2D eigenvalue weighted by Gasteiger charge is 2.15. The van der Waals surface area contributed by atoms with Crippen LogP contribution in [0, 0.1) is 11.6 Å². The first kappa shape index (κ1) is 13.3. The molecule has 0 aromatic heterocycles. The highest BCUT2D eigenvalue weighted by molar-refractivity contribution is 5.47. The van der Waals surface area contributed by atoms with Gasteiger partial charge in [-0.15, -0.1) is 0 Å². The van der Waals surface area contributed by atoms with Gasteiger partial charge in [0.1, 0.15) is 11.6 Å². The first-order valence-corrected chi connectivity index (χ1v) is 6.63. The van der Waals surface area contributed by atoms with Gasteiger partial charge in [0.2, 0.25) is 0 Å². The van der Waals surface area contributed by atoms with E-state index in [1.165, 1.54) is 12.1 Å². The molecule has 4 heteroatoms. The lowest BCUT2D eigenvalue weighted by Crippen LogP contribution is -2.39. The molecule has 2 rings (SSSR count). The third-order valence-electron chi connectivity index (χ3n) is 3.49. The average Bonchev–Trinajstić information content (AvgIpc) is 2.27. The van der Waals surface area contributed by atoms with E-state index >= 15 is 0 Å². The molecule has 0 aliphatic carbocycles. The molecule has 2 nitrogen and oxygen atoms in total. The second-order valence-corrected chi connectivity index (χ2v) is 4.82. The Morgan fingerprint density at radius 1 is 1.22 bits per heavy atom. The predicted octanol–water partition coefficient (Wildman–Crippen LogP) is 2.93. The van der Waals surface area contributed by atoms with Gasteiger partial charge < -0.3 is 10.2 Å². The van der Waals surface area contributed by atoms with Crippen molar-refractivity contribution in [3.8, 4) is 0 Å². The summed E-state index contributed by atoms with van der Waals surface area (Å²) in [6.07, 6.45) is 3.09. The molecule has 1 aliphatic rings. The summed E-state index contributed by atoms with van der Waals surface area (Å²) in [7, 11) is 0. The quantitative estimate of drug-likeness (QED) is 0.873. The summed E-state index contributed by atoms with van der Waals surface area (Å²) >= 11 is 0. The van der Waals surface area contributed by atoms with Gasteiger partial charge in [-0.05, 0) is 37.9 Å². The second-order valence-electron chi connectivity index (χ2n) is 4.82. The molecule has 0 spiro atoms. The van der Waals surface area contributed by atoms with Crippen molar-refractivity contribution in [2.24, 2.45) is 0 Å². The SMILES string of the molecule is CCC1CCN(c2cc(F)cc(F)c2)CCCN1. The van der Waals surface area contributed by atoms with E-state index in [1.54, 1.807) is 0 Å². The molecule has 1 aliphatic heterocycles. The van der Waals surface area contributed by atoms with Crippen LogP contribution >= 0.6 is 0 Å². The Bertz CT molecular complexity index is 375. The van der Waals surface area contributed by atoms with Crippen LogP contribution in [0.1, 0.15) is 26.2 Å². The molecular weight excluding hydrogens is 234 g/mol. The first-order valence-electron chi connectivity index (χ1n) is 6.63. The van der Waals surface area contributed by atoms with Gasteiger partial charge in [-0.2, -0.15) is 0 Å². The Hall–Kier alpha value is -1.16. The number of hydrogen-bond donors (Lipinski definition) is 1. The van der Waals surface area contributed by atoms with Crippen molar-refractivity contribution in [1.82, 2.24) is 5.32 Å². The van der Waals surface area contributed by atoms with Crippen LogP contribution in [-0.2, 0) is 0 Å². The van der Waals surface area contributed by atoms with E-state index in [9.17, 15) is 8.78 Å². The lowest BCUT2D eigenvalue weighted by Gasteiger charge is -2.30. The maximum absolute atomic E-state index is 13.2. The molecule has 1 fully saturated rings.